The van der Waals surface area contributed by atoms with E-state index in [0.29, 0.717) is 33.6 Å². The van der Waals surface area contributed by atoms with Crippen molar-refractivity contribution in [3.05, 3.63) is 63.6 Å². The van der Waals surface area contributed by atoms with Crippen LogP contribution in [0.2, 0.25) is 10.0 Å². The van der Waals surface area contributed by atoms with Gasteiger partial charge in [-0.25, -0.2) is 0 Å². The molecular formula is C20H24Cl2N4O2S. The quantitative estimate of drug-likeness (QED) is 0.618. The molecule has 29 heavy (non-hydrogen) atoms. The zero-order valence-corrected chi connectivity index (χ0v) is 18.3. The van der Waals surface area contributed by atoms with Gasteiger partial charge in [0.2, 0.25) is 0 Å². The second-order valence-corrected chi connectivity index (χ2v) is 6.67. The second-order valence-electron chi connectivity index (χ2n) is 5.83. The van der Waals surface area contributed by atoms with Gasteiger partial charge >= 0.3 is 0 Å². The lowest BCUT2D eigenvalue weighted by Crippen LogP contribution is -2.39. The minimum absolute atomic E-state index is 0.219. The molecule has 1 heterocycles. The summed E-state index contributed by atoms with van der Waals surface area (Å²) in [7, 11) is 1.67. The molecule has 5 N–H and O–H groups in total. The Bertz CT molecular complexity index is 862. The van der Waals surface area contributed by atoms with E-state index in [0.717, 1.165) is 12.0 Å². The largest absolute Gasteiger partial charge is 0.396 e. The van der Waals surface area contributed by atoms with Gasteiger partial charge < -0.3 is 21.5 Å². The lowest BCUT2D eigenvalue weighted by molar-refractivity contribution is -0.119. The first kappa shape index (κ1) is 25.2. The summed E-state index contributed by atoms with van der Waals surface area (Å²) in [6, 6.07) is 12.6. The van der Waals surface area contributed by atoms with Gasteiger partial charge in [0, 0.05) is 34.8 Å². The summed E-state index contributed by atoms with van der Waals surface area (Å²) in [5, 5.41) is 9.08. The Balaban J connectivity index is 0.000000527. The van der Waals surface area contributed by atoms with Crippen LogP contribution in [-0.2, 0) is 4.79 Å². The van der Waals surface area contributed by atoms with Gasteiger partial charge in [-0.15, -0.1) is 0 Å². The lowest BCUT2D eigenvalue weighted by Gasteiger charge is -2.19. The Kier molecular flexibility index (Phi) is 11.0. The Hall–Kier alpha value is -1.87. The summed E-state index contributed by atoms with van der Waals surface area (Å²) in [6.45, 7) is 0.812. The fourth-order valence-electron chi connectivity index (χ4n) is 2.53. The van der Waals surface area contributed by atoms with Crippen molar-refractivity contribution in [1.82, 2.24) is 0 Å². The van der Waals surface area contributed by atoms with Gasteiger partial charge in [-0.05, 0) is 43.1 Å². The number of carbonyl (C=O) groups is 1. The Morgan fingerprint density at radius 3 is 2.41 bits per heavy atom. The molecule has 1 aliphatic rings. The minimum atomic E-state index is -0.984. The summed E-state index contributed by atoms with van der Waals surface area (Å²) in [6.07, 6.45) is -0.262. The first-order valence-corrected chi connectivity index (χ1v) is 9.99. The topological polar surface area (TPSA) is 105 Å². The van der Waals surface area contributed by atoms with E-state index < -0.39 is 6.17 Å². The highest BCUT2D eigenvalue weighted by atomic mass is 35.5. The van der Waals surface area contributed by atoms with Gasteiger partial charge in [0.1, 0.15) is 0 Å². The Morgan fingerprint density at radius 2 is 1.86 bits per heavy atom. The summed E-state index contributed by atoms with van der Waals surface area (Å²) in [5.74, 6) is 2.55. The van der Waals surface area contributed by atoms with Crippen molar-refractivity contribution in [2.45, 2.75) is 12.6 Å². The number of thiocarbonyl (C=S) groups is 1. The molecule has 6 nitrogen and oxygen atoms in total. The number of hydrogen-bond donors (Lipinski definition) is 3. The van der Waals surface area contributed by atoms with Crippen molar-refractivity contribution in [2.24, 2.45) is 16.5 Å². The molecule has 2 aromatic rings. The number of aliphatic hydroxyl groups excluding tert-OH is 1. The summed E-state index contributed by atoms with van der Waals surface area (Å²) >= 11 is 16.2. The summed E-state index contributed by atoms with van der Waals surface area (Å²) in [4.78, 5) is 18.2. The molecule has 0 aromatic heterocycles. The monoisotopic (exact) mass is 454 g/mol. The highest BCUT2D eigenvalue weighted by molar-refractivity contribution is 7.77. The molecule has 0 bridgehead atoms. The fraction of sp³-hybridized carbons (Fsp3) is 0.250. The van der Waals surface area contributed by atoms with Gasteiger partial charge in [-0.3, -0.25) is 9.79 Å². The van der Waals surface area contributed by atoms with E-state index in [-0.39, 0.29) is 12.5 Å². The van der Waals surface area contributed by atoms with Crippen molar-refractivity contribution < 1.29 is 9.90 Å². The number of hydrogen-bond acceptors (Lipinski definition) is 6. The van der Waals surface area contributed by atoms with E-state index in [4.69, 9.17) is 39.8 Å². The van der Waals surface area contributed by atoms with E-state index >= 15 is 0 Å². The van der Waals surface area contributed by atoms with E-state index in [1.54, 1.807) is 31.3 Å². The number of carbonyl (C=O) groups excluding carboxylic acids is 1. The molecule has 0 radical (unpaired) electrons. The lowest BCUT2D eigenvalue weighted by atomic mass is 10.00. The van der Waals surface area contributed by atoms with Crippen LogP contribution >= 0.6 is 35.4 Å². The number of rotatable bonds is 3. The van der Waals surface area contributed by atoms with E-state index in [1.807, 2.05) is 18.2 Å². The Morgan fingerprint density at radius 1 is 1.21 bits per heavy atom. The third-order valence-electron chi connectivity index (χ3n) is 3.92. The van der Waals surface area contributed by atoms with Crippen molar-refractivity contribution in [3.63, 3.8) is 0 Å². The van der Waals surface area contributed by atoms with E-state index in [2.05, 4.69) is 23.1 Å². The van der Waals surface area contributed by atoms with Crippen LogP contribution in [0.4, 0.5) is 5.69 Å². The molecule has 3 rings (SSSR count). The van der Waals surface area contributed by atoms with Crippen LogP contribution in [0.5, 0.6) is 0 Å². The van der Waals surface area contributed by atoms with Gasteiger partial charge in [0.25, 0.3) is 5.91 Å². The van der Waals surface area contributed by atoms with Crippen LogP contribution in [0.15, 0.2) is 47.5 Å². The molecule has 1 atom stereocenters. The van der Waals surface area contributed by atoms with Gasteiger partial charge in [0.15, 0.2) is 6.17 Å². The number of fused-ring (bicyclic) bond motifs is 1. The molecule has 1 aliphatic heterocycles. The predicted octanol–water partition coefficient (Wildman–Crippen LogP) is 3.04. The number of likely N-dealkylation sites (N-methyl/N-ethyl adjacent to an activating group) is 1. The third-order valence-corrected chi connectivity index (χ3v) is 4.48. The maximum atomic E-state index is 12.3. The molecule has 9 heteroatoms. The molecule has 0 aliphatic carbocycles. The molecule has 1 amide bonds. The Labute approximate surface area is 186 Å². The van der Waals surface area contributed by atoms with Gasteiger partial charge in [0.05, 0.1) is 11.4 Å². The SMILES string of the molecule is C=S.CN1C(=O)C(N)N=C(c2ccccc2Cl)c2cc(Cl)ccc21.NCCCO. The number of amides is 1. The number of halogens is 2. The number of aliphatic hydroxyl groups is 1. The fourth-order valence-corrected chi connectivity index (χ4v) is 2.93. The summed E-state index contributed by atoms with van der Waals surface area (Å²) < 4.78 is 0. The summed E-state index contributed by atoms with van der Waals surface area (Å²) in [5.41, 5.74) is 13.6. The standard InChI is InChI=1S/C16H13Cl2N3O.C3H9NO.CH2S/c1-21-13-7-6-9(17)8-11(13)14(20-15(19)16(21)22)10-4-2-3-5-12(10)18;4-2-1-3-5;1-2/h2-8,15H,19H2,1H3;5H,1-4H2;1H2. The number of nitrogens with zero attached hydrogens (tertiary/aromatic N) is 2. The molecule has 0 spiro atoms. The first-order chi connectivity index (χ1) is 13.9. The first-order valence-electron chi connectivity index (χ1n) is 8.66. The molecule has 156 valence electrons. The van der Waals surface area contributed by atoms with Crippen molar-refractivity contribution >= 4 is 58.6 Å². The number of nitrogens with two attached hydrogens (primary N) is 2. The average Bonchev–Trinajstić information content (AvgIpc) is 2.81. The predicted molar refractivity (Wildman–Crippen MR) is 125 cm³/mol. The number of anilines is 1. The van der Waals surface area contributed by atoms with Crippen LogP contribution in [0, 0.1) is 0 Å². The molecule has 2 aromatic carbocycles. The van der Waals surface area contributed by atoms with Gasteiger partial charge in [-0.1, -0.05) is 53.6 Å². The van der Waals surface area contributed by atoms with Crippen LogP contribution in [0.1, 0.15) is 17.5 Å². The maximum absolute atomic E-state index is 12.3. The second kappa shape index (κ2) is 12.6. The van der Waals surface area contributed by atoms with Gasteiger partial charge in [-0.2, -0.15) is 0 Å². The molecule has 0 fully saturated rings. The van der Waals surface area contributed by atoms with Crippen molar-refractivity contribution in [3.8, 4) is 0 Å². The number of benzodiazepines with no additional fused rings is 1. The van der Waals surface area contributed by atoms with Crippen LogP contribution < -0.4 is 16.4 Å². The molecule has 1 unspecified atom stereocenters. The molecular weight excluding hydrogens is 431 g/mol. The minimum Gasteiger partial charge on any atom is -0.396 e. The average molecular weight is 455 g/mol. The highest BCUT2D eigenvalue weighted by Gasteiger charge is 2.28. The molecule has 0 saturated carbocycles. The maximum Gasteiger partial charge on any atom is 0.266 e. The van der Waals surface area contributed by atoms with Crippen molar-refractivity contribution in [2.75, 3.05) is 25.1 Å². The van der Waals surface area contributed by atoms with Crippen LogP contribution in [-0.4, -0.2) is 49.0 Å². The normalized spacial score (nSPS) is 15.1. The highest BCUT2D eigenvalue weighted by Crippen LogP contribution is 2.31. The zero-order chi connectivity index (χ0) is 22.0. The van der Waals surface area contributed by atoms with Crippen LogP contribution in [0.25, 0.3) is 0 Å². The molecule has 0 saturated heterocycles. The smallest absolute Gasteiger partial charge is 0.266 e. The zero-order valence-electron chi connectivity index (χ0n) is 16.0. The van der Waals surface area contributed by atoms with Crippen molar-refractivity contribution in [1.29, 1.82) is 0 Å². The van der Waals surface area contributed by atoms with E-state index in [1.165, 1.54) is 4.90 Å². The number of aliphatic imine (C=N–C) groups is 1. The van der Waals surface area contributed by atoms with E-state index in [9.17, 15) is 4.79 Å². The third kappa shape index (κ3) is 6.57. The number of benzene rings is 2. The van der Waals surface area contributed by atoms with Crippen LogP contribution in [0.3, 0.4) is 0 Å².